The van der Waals surface area contributed by atoms with Crippen LogP contribution in [-0.2, 0) is 9.47 Å². The number of methoxy groups -OCH3 is 2. The van der Waals surface area contributed by atoms with Crippen molar-refractivity contribution in [3.8, 4) is 0 Å². The second-order valence-corrected chi connectivity index (χ2v) is 10.8. The van der Waals surface area contributed by atoms with Gasteiger partial charge in [0.2, 0.25) is 0 Å². The first kappa shape index (κ1) is 18.8. The molecule has 0 aromatic heterocycles. The third-order valence-electron chi connectivity index (χ3n) is 5.16. The molecule has 0 aromatic carbocycles. The summed E-state index contributed by atoms with van der Waals surface area (Å²) in [5.41, 5.74) is 0. The third kappa shape index (κ3) is 6.67. The molecule has 0 spiro atoms. The molecule has 0 saturated carbocycles. The number of rotatable bonds is 9. The number of hydrogen-bond donors (Lipinski definition) is 0. The monoisotopic (exact) mass is 387 g/mol. The van der Waals surface area contributed by atoms with Crippen molar-refractivity contribution in [1.82, 2.24) is 4.90 Å². The van der Waals surface area contributed by atoms with E-state index in [1.165, 1.54) is 38.8 Å². The van der Waals surface area contributed by atoms with E-state index in [4.69, 9.17) is 9.47 Å². The van der Waals surface area contributed by atoms with Gasteiger partial charge in [-0.15, -0.1) is 0 Å². The van der Waals surface area contributed by atoms with E-state index < -0.39 is 0 Å². The van der Waals surface area contributed by atoms with Crippen molar-refractivity contribution >= 4 is 24.4 Å². The van der Waals surface area contributed by atoms with Crippen LogP contribution >= 0.6 is 0 Å². The van der Waals surface area contributed by atoms with E-state index in [1.807, 2.05) is 14.2 Å². The van der Waals surface area contributed by atoms with Crippen LogP contribution in [0.15, 0.2) is 0 Å². The first-order chi connectivity index (χ1) is 9.60. The van der Waals surface area contributed by atoms with Crippen molar-refractivity contribution in [1.29, 1.82) is 0 Å². The molecule has 4 heteroatoms. The Hall–Kier alpha value is 0.750. The van der Waals surface area contributed by atoms with Gasteiger partial charge in [-0.05, 0) is 0 Å². The Morgan fingerprint density at radius 3 is 2.20 bits per heavy atom. The molecule has 0 aromatic rings. The van der Waals surface area contributed by atoms with Crippen molar-refractivity contribution in [3.05, 3.63) is 0 Å². The van der Waals surface area contributed by atoms with Gasteiger partial charge in [0.1, 0.15) is 0 Å². The van der Waals surface area contributed by atoms with Crippen LogP contribution in [0, 0.1) is 5.92 Å². The van der Waals surface area contributed by atoms with E-state index in [2.05, 4.69) is 18.9 Å². The Kier molecular flexibility index (Phi) is 9.84. The summed E-state index contributed by atoms with van der Waals surface area (Å²) < 4.78 is 12.2. The average molecular weight is 387 g/mol. The van der Waals surface area contributed by atoms with Crippen LogP contribution in [0.5, 0.6) is 0 Å². The molecule has 0 bridgehead atoms. The predicted molar refractivity (Wildman–Crippen MR) is 88.3 cm³/mol. The number of piperidine rings is 1. The van der Waals surface area contributed by atoms with E-state index in [0.717, 1.165) is 46.8 Å². The van der Waals surface area contributed by atoms with Crippen molar-refractivity contribution in [2.75, 3.05) is 34.4 Å². The summed E-state index contributed by atoms with van der Waals surface area (Å²) in [7, 11) is 5.93. The van der Waals surface area contributed by atoms with Gasteiger partial charge in [0, 0.05) is 0 Å². The normalized spacial score (nSPS) is 22.6. The summed E-state index contributed by atoms with van der Waals surface area (Å²) in [6.07, 6.45) is 8.33. The fraction of sp³-hybridized carbons (Fsp3) is 1.00. The fourth-order valence-electron chi connectivity index (χ4n) is 3.34. The maximum atomic E-state index is 5.67. The molecule has 1 heterocycles. The molecular weight excluding hydrogens is 353 g/mol. The summed E-state index contributed by atoms with van der Waals surface area (Å²) in [5, 5.41) is 0. The third-order valence-corrected chi connectivity index (χ3v) is 9.50. The van der Waals surface area contributed by atoms with E-state index in [1.54, 1.807) is 0 Å². The Morgan fingerprint density at radius 1 is 1.10 bits per heavy atom. The van der Waals surface area contributed by atoms with Crippen LogP contribution in [0.3, 0.4) is 0 Å². The molecule has 3 atom stereocenters. The summed E-state index contributed by atoms with van der Waals surface area (Å²) in [4.78, 5) is 2.47. The molecule has 0 N–H and O–H groups in total. The van der Waals surface area contributed by atoms with Crippen LogP contribution in [0.25, 0.3) is 0 Å². The van der Waals surface area contributed by atoms with E-state index >= 15 is 0 Å². The molecule has 118 valence electrons. The summed E-state index contributed by atoms with van der Waals surface area (Å²) in [6.45, 7) is 4.80. The van der Waals surface area contributed by atoms with Gasteiger partial charge in [-0.25, -0.2) is 0 Å². The molecule has 0 radical (unpaired) electrons. The van der Waals surface area contributed by atoms with Crippen molar-refractivity contribution in [2.45, 2.75) is 61.3 Å². The number of likely N-dealkylation sites (tertiary alicyclic amines) is 1. The summed E-state index contributed by atoms with van der Waals surface area (Å²) in [5.74, 6) is 1.00. The topological polar surface area (TPSA) is 21.7 Å². The second kappa shape index (κ2) is 10.5. The van der Waals surface area contributed by atoms with Crippen LogP contribution in [0.1, 0.15) is 45.4 Å². The van der Waals surface area contributed by atoms with Gasteiger partial charge in [-0.1, -0.05) is 0 Å². The van der Waals surface area contributed by atoms with E-state index in [0.29, 0.717) is 12.2 Å². The molecule has 3 unspecified atom stereocenters. The fourth-order valence-corrected chi connectivity index (χ4v) is 6.19. The van der Waals surface area contributed by atoms with Crippen molar-refractivity contribution < 1.29 is 9.47 Å². The number of ether oxygens (including phenoxy) is 2. The molecule has 20 heavy (non-hydrogen) atoms. The molecule has 0 amide bonds. The average Bonchev–Trinajstić information content (AvgIpc) is 2.48. The standard InChI is InChI=1S/C16H32NO2.In.2H/c1-5-15(18-3)13-16(19-4)8-6-7-14-9-11-17(2)12-10-14;;;/h7,14-16H,5-6,8-13H2,1-4H3;;;. The Labute approximate surface area is 140 Å². The minimum atomic E-state index is 0.363. The van der Waals surface area contributed by atoms with Crippen LogP contribution < -0.4 is 0 Å². The van der Waals surface area contributed by atoms with Crippen LogP contribution in [0.2, 0.25) is 3.67 Å². The first-order valence-electron chi connectivity index (χ1n) is 8.34. The predicted octanol–water partition coefficient (Wildman–Crippen LogP) is 2.36. The molecular formula is C16H34InNO2. The number of nitrogens with zero attached hydrogens (tertiary/aromatic N) is 1. The Morgan fingerprint density at radius 2 is 1.70 bits per heavy atom. The Bertz CT molecular complexity index is 241. The van der Waals surface area contributed by atoms with Gasteiger partial charge in [0.25, 0.3) is 0 Å². The minimum absolute atomic E-state index is 0.363. The SMILES string of the molecule is CCC(CC(CC[CH]([InH2])C1CCN(C)CC1)OC)OC. The molecule has 0 aliphatic carbocycles. The van der Waals surface area contributed by atoms with Gasteiger partial charge >= 0.3 is 140 Å². The maximum absolute atomic E-state index is 5.67. The van der Waals surface area contributed by atoms with Crippen molar-refractivity contribution in [2.24, 2.45) is 5.92 Å². The van der Waals surface area contributed by atoms with Gasteiger partial charge < -0.3 is 0 Å². The molecule has 1 aliphatic rings. The zero-order chi connectivity index (χ0) is 15.0. The zero-order valence-corrected chi connectivity index (χ0v) is 19.9. The van der Waals surface area contributed by atoms with Crippen molar-refractivity contribution in [3.63, 3.8) is 0 Å². The molecule has 1 aliphatic heterocycles. The van der Waals surface area contributed by atoms with Crippen LogP contribution in [0.4, 0.5) is 0 Å². The molecule has 1 fully saturated rings. The molecule has 1 rings (SSSR count). The zero-order valence-electron chi connectivity index (χ0n) is 14.2. The molecule has 1 saturated heterocycles. The quantitative estimate of drug-likeness (QED) is 0.607. The molecule has 3 nitrogen and oxygen atoms in total. The van der Waals surface area contributed by atoms with Gasteiger partial charge in [0.15, 0.2) is 0 Å². The Balaban J connectivity index is 2.28. The number of hydrogen-bond acceptors (Lipinski definition) is 3. The first-order valence-corrected chi connectivity index (χ1v) is 11.6. The van der Waals surface area contributed by atoms with Gasteiger partial charge in [0.05, 0.1) is 0 Å². The summed E-state index contributed by atoms with van der Waals surface area (Å²) >= 11 is 0.764. The van der Waals surface area contributed by atoms with E-state index in [9.17, 15) is 0 Å². The van der Waals surface area contributed by atoms with Gasteiger partial charge in [-0.2, -0.15) is 0 Å². The van der Waals surface area contributed by atoms with Crippen LogP contribution in [-0.4, -0.2) is 75.8 Å². The van der Waals surface area contributed by atoms with E-state index in [-0.39, 0.29) is 0 Å². The van der Waals surface area contributed by atoms with Gasteiger partial charge in [-0.3, -0.25) is 0 Å². The summed E-state index contributed by atoms with van der Waals surface area (Å²) in [6, 6.07) is 0. The second-order valence-electron chi connectivity index (χ2n) is 6.55.